The summed E-state index contributed by atoms with van der Waals surface area (Å²) in [6.07, 6.45) is 3.41. The standard InChI is InChI=1S/C17H15FIN3O/c1-17(19,20)16-14(10-4-3-7-21-9-10)15(23-2)12-8-11(18)5-6-13(12)22-16/h3-9H,20H2,1-2H3/t17-/m1/s1. The summed E-state index contributed by atoms with van der Waals surface area (Å²) in [4.78, 5) is 8.82. The van der Waals surface area contributed by atoms with Crippen molar-refractivity contribution in [1.82, 2.24) is 9.97 Å². The summed E-state index contributed by atoms with van der Waals surface area (Å²) in [7, 11) is 1.56. The summed E-state index contributed by atoms with van der Waals surface area (Å²) in [6.45, 7) is 1.87. The van der Waals surface area contributed by atoms with Crippen LogP contribution in [-0.4, -0.2) is 17.1 Å². The quantitative estimate of drug-likeness (QED) is 0.393. The van der Waals surface area contributed by atoms with Crippen molar-refractivity contribution in [2.24, 2.45) is 5.73 Å². The summed E-state index contributed by atoms with van der Waals surface area (Å²) in [5, 5.41) is 0.607. The monoisotopic (exact) mass is 423 g/mol. The third kappa shape index (κ3) is 3.00. The smallest absolute Gasteiger partial charge is 0.138 e. The van der Waals surface area contributed by atoms with E-state index in [1.165, 1.54) is 12.1 Å². The first-order valence-electron chi connectivity index (χ1n) is 6.97. The first-order chi connectivity index (χ1) is 10.9. The largest absolute Gasteiger partial charge is 0.495 e. The zero-order chi connectivity index (χ0) is 16.6. The minimum atomic E-state index is -0.723. The molecule has 2 heterocycles. The van der Waals surface area contributed by atoms with Crippen LogP contribution in [0.25, 0.3) is 22.0 Å². The van der Waals surface area contributed by atoms with E-state index in [-0.39, 0.29) is 5.82 Å². The molecular formula is C17H15FIN3O. The van der Waals surface area contributed by atoms with Crippen LogP contribution in [0.15, 0.2) is 42.7 Å². The first kappa shape index (κ1) is 16.1. The van der Waals surface area contributed by atoms with Crippen LogP contribution in [0.1, 0.15) is 12.6 Å². The number of rotatable bonds is 3. The molecule has 0 amide bonds. The second kappa shape index (κ2) is 6.01. The van der Waals surface area contributed by atoms with Crippen molar-refractivity contribution in [3.05, 3.63) is 54.2 Å². The predicted octanol–water partition coefficient (Wildman–Crippen LogP) is 4.01. The lowest BCUT2D eigenvalue weighted by Crippen LogP contribution is -2.27. The number of hydrogen-bond acceptors (Lipinski definition) is 4. The molecule has 0 saturated carbocycles. The molecule has 0 radical (unpaired) electrons. The number of methoxy groups -OCH3 is 1. The van der Waals surface area contributed by atoms with Gasteiger partial charge in [0.15, 0.2) is 0 Å². The Morgan fingerprint density at radius 1 is 1.30 bits per heavy atom. The SMILES string of the molecule is COc1c(-c2cccnc2)c([C@@](C)(N)I)nc2ccc(F)cc12. The minimum Gasteiger partial charge on any atom is -0.495 e. The van der Waals surface area contributed by atoms with Gasteiger partial charge < -0.3 is 10.5 Å². The van der Waals surface area contributed by atoms with Gasteiger partial charge in [-0.15, -0.1) is 0 Å². The average molecular weight is 423 g/mol. The molecule has 0 fully saturated rings. The second-order valence-corrected chi connectivity index (χ2v) is 7.59. The zero-order valence-corrected chi connectivity index (χ0v) is 14.8. The van der Waals surface area contributed by atoms with E-state index in [0.29, 0.717) is 22.3 Å². The highest BCUT2D eigenvalue weighted by Crippen LogP contribution is 2.42. The number of hydrogen-bond donors (Lipinski definition) is 1. The molecular weight excluding hydrogens is 408 g/mol. The summed E-state index contributed by atoms with van der Waals surface area (Å²) in [6, 6.07) is 8.17. The molecule has 0 saturated heterocycles. The van der Waals surface area contributed by atoms with E-state index in [9.17, 15) is 4.39 Å². The number of ether oxygens (including phenoxy) is 1. The molecule has 2 aromatic heterocycles. The van der Waals surface area contributed by atoms with Gasteiger partial charge in [0.25, 0.3) is 0 Å². The molecule has 0 spiro atoms. The van der Waals surface area contributed by atoms with Crippen molar-refractivity contribution in [2.45, 2.75) is 10.5 Å². The molecule has 2 N–H and O–H groups in total. The Hall–Kier alpha value is -1.80. The van der Waals surface area contributed by atoms with Crippen molar-refractivity contribution in [3.63, 3.8) is 0 Å². The van der Waals surface area contributed by atoms with Gasteiger partial charge in [0, 0.05) is 23.3 Å². The third-order valence-electron chi connectivity index (χ3n) is 3.52. The fourth-order valence-electron chi connectivity index (χ4n) is 2.55. The fraction of sp³-hybridized carbons (Fsp3) is 0.176. The van der Waals surface area contributed by atoms with Crippen LogP contribution in [0.3, 0.4) is 0 Å². The van der Waals surface area contributed by atoms with Gasteiger partial charge in [-0.1, -0.05) is 28.7 Å². The Morgan fingerprint density at radius 3 is 2.70 bits per heavy atom. The molecule has 1 atom stereocenters. The van der Waals surface area contributed by atoms with Crippen LogP contribution in [0.4, 0.5) is 4.39 Å². The van der Waals surface area contributed by atoms with Crippen LogP contribution in [-0.2, 0) is 3.55 Å². The van der Waals surface area contributed by atoms with Gasteiger partial charge in [-0.3, -0.25) is 4.98 Å². The van der Waals surface area contributed by atoms with Gasteiger partial charge in [-0.25, -0.2) is 9.37 Å². The molecule has 0 aliphatic heterocycles. The first-order valence-corrected chi connectivity index (χ1v) is 8.05. The Bertz CT molecular complexity index is 863. The highest BCUT2D eigenvalue weighted by Gasteiger charge is 2.28. The lowest BCUT2D eigenvalue weighted by atomic mass is 9.98. The fourth-order valence-corrected chi connectivity index (χ4v) is 2.94. The molecule has 4 nitrogen and oxygen atoms in total. The molecule has 1 aromatic carbocycles. The number of benzene rings is 1. The number of nitrogens with zero attached hydrogens (tertiary/aromatic N) is 2. The van der Waals surface area contributed by atoms with Crippen molar-refractivity contribution >= 4 is 33.5 Å². The maximum atomic E-state index is 13.7. The van der Waals surface area contributed by atoms with Crippen molar-refractivity contribution in [3.8, 4) is 16.9 Å². The molecule has 3 rings (SSSR count). The highest BCUT2D eigenvalue weighted by molar-refractivity contribution is 14.1. The number of alkyl halides is 1. The normalized spacial score (nSPS) is 13.8. The Morgan fingerprint density at radius 2 is 2.09 bits per heavy atom. The average Bonchev–Trinajstić information content (AvgIpc) is 2.53. The molecule has 0 unspecified atom stereocenters. The van der Waals surface area contributed by atoms with Gasteiger partial charge in [0.1, 0.15) is 15.1 Å². The molecule has 118 valence electrons. The summed E-state index contributed by atoms with van der Waals surface area (Å²) in [5.74, 6) is 0.207. The Balaban J connectivity index is 2.47. The van der Waals surface area contributed by atoms with Crippen molar-refractivity contribution in [1.29, 1.82) is 0 Å². The maximum absolute atomic E-state index is 13.7. The Labute approximate surface area is 147 Å². The van der Waals surface area contributed by atoms with E-state index in [1.54, 1.807) is 25.6 Å². The van der Waals surface area contributed by atoms with E-state index < -0.39 is 3.55 Å². The number of pyridine rings is 2. The van der Waals surface area contributed by atoms with Crippen molar-refractivity contribution in [2.75, 3.05) is 7.11 Å². The lowest BCUT2D eigenvalue weighted by Gasteiger charge is -2.23. The number of aromatic nitrogens is 2. The molecule has 23 heavy (non-hydrogen) atoms. The molecule has 0 aliphatic rings. The van der Waals surface area contributed by atoms with Crippen molar-refractivity contribution < 1.29 is 9.13 Å². The van der Waals surface area contributed by atoms with Crippen LogP contribution >= 0.6 is 22.6 Å². The van der Waals surface area contributed by atoms with E-state index in [2.05, 4.69) is 32.6 Å². The summed E-state index contributed by atoms with van der Waals surface area (Å²) < 4.78 is 18.6. The third-order valence-corrected chi connectivity index (χ3v) is 4.03. The maximum Gasteiger partial charge on any atom is 0.138 e. The number of nitrogens with two attached hydrogens (primary N) is 1. The topological polar surface area (TPSA) is 61.0 Å². The second-order valence-electron chi connectivity index (χ2n) is 5.35. The van der Waals surface area contributed by atoms with E-state index >= 15 is 0 Å². The van der Waals surface area contributed by atoms with E-state index in [4.69, 9.17) is 10.5 Å². The molecule has 3 aromatic rings. The summed E-state index contributed by atoms with van der Waals surface area (Å²) in [5.41, 5.74) is 9.18. The van der Waals surface area contributed by atoms with Crippen LogP contribution < -0.4 is 10.5 Å². The van der Waals surface area contributed by atoms with E-state index in [1.807, 2.05) is 19.1 Å². The molecule has 0 aliphatic carbocycles. The lowest BCUT2D eigenvalue weighted by molar-refractivity contribution is 0.420. The van der Waals surface area contributed by atoms with Gasteiger partial charge >= 0.3 is 0 Å². The van der Waals surface area contributed by atoms with Gasteiger partial charge in [-0.05, 0) is 31.2 Å². The summed E-state index contributed by atoms with van der Waals surface area (Å²) >= 11 is 2.13. The van der Waals surface area contributed by atoms with Crippen LogP contribution in [0.2, 0.25) is 0 Å². The van der Waals surface area contributed by atoms with Gasteiger partial charge in [-0.2, -0.15) is 0 Å². The Kier molecular flexibility index (Phi) is 4.20. The van der Waals surface area contributed by atoms with Crippen LogP contribution in [0, 0.1) is 5.82 Å². The molecule has 0 bridgehead atoms. The highest BCUT2D eigenvalue weighted by atomic mass is 127. The number of halogens is 2. The van der Waals surface area contributed by atoms with Gasteiger partial charge in [0.2, 0.25) is 0 Å². The zero-order valence-electron chi connectivity index (χ0n) is 12.7. The predicted molar refractivity (Wildman–Crippen MR) is 97.0 cm³/mol. The molecule has 6 heteroatoms. The van der Waals surface area contributed by atoms with Crippen LogP contribution in [0.5, 0.6) is 5.75 Å². The number of fused-ring (bicyclic) bond motifs is 1. The van der Waals surface area contributed by atoms with Gasteiger partial charge in [0.05, 0.1) is 23.9 Å². The minimum absolute atomic E-state index is 0.340. The van der Waals surface area contributed by atoms with E-state index in [0.717, 1.165) is 11.1 Å².